The fraction of sp³-hybridized carbons (Fsp3) is 0.417. The van der Waals surface area contributed by atoms with Crippen molar-refractivity contribution in [2.45, 2.75) is 6.92 Å². The fourth-order valence-corrected chi connectivity index (χ4v) is 1.91. The maximum atomic E-state index is 13.6. The molecule has 1 amide bonds. The highest BCUT2D eigenvalue weighted by Gasteiger charge is 2.22. The van der Waals surface area contributed by atoms with Crippen LogP contribution in [-0.2, 0) is 4.74 Å². The summed E-state index contributed by atoms with van der Waals surface area (Å²) >= 11 is 2.97. The lowest BCUT2D eigenvalue weighted by atomic mass is 10.1. The van der Waals surface area contributed by atoms with Gasteiger partial charge in [0.1, 0.15) is 17.2 Å². The van der Waals surface area contributed by atoms with Crippen molar-refractivity contribution in [3.05, 3.63) is 33.8 Å². The van der Waals surface area contributed by atoms with E-state index in [4.69, 9.17) is 4.74 Å². The van der Waals surface area contributed by atoms with Crippen LogP contribution in [0.5, 0.6) is 0 Å². The predicted octanol–water partition coefficient (Wildman–Crippen LogP) is 2.84. The molecule has 3 nitrogen and oxygen atoms in total. The van der Waals surface area contributed by atoms with Crippen molar-refractivity contribution in [2.24, 2.45) is 0 Å². The molecular formula is C12H14BrF2NO2. The standard InChI is InChI=1S/C12H14BrF2NO2/c1-3-16(4-5-18-2)12(17)11-9(14)6-8(13)7-10(11)15/h6-7H,3-5H2,1-2H3. The molecule has 0 aliphatic heterocycles. The molecule has 6 heteroatoms. The molecule has 0 unspecified atom stereocenters. The number of amides is 1. The number of carbonyl (C=O) groups excluding carboxylic acids is 1. The number of benzene rings is 1. The van der Waals surface area contributed by atoms with Gasteiger partial charge in [-0.05, 0) is 19.1 Å². The molecule has 0 saturated heterocycles. The number of methoxy groups -OCH3 is 1. The number of hydrogen-bond donors (Lipinski definition) is 0. The third kappa shape index (κ3) is 3.49. The zero-order valence-electron chi connectivity index (χ0n) is 10.2. The SMILES string of the molecule is CCN(CCOC)C(=O)c1c(F)cc(Br)cc1F. The minimum atomic E-state index is -0.872. The summed E-state index contributed by atoms with van der Waals surface area (Å²) in [6, 6.07) is 2.14. The average Bonchev–Trinajstić information content (AvgIpc) is 2.28. The molecule has 0 aliphatic carbocycles. The Morgan fingerprint density at radius 2 is 1.94 bits per heavy atom. The van der Waals surface area contributed by atoms with Crippen LogP contribution in [0.2, 0.25) is 0 Å². The Morgan fingerprint density at radius 3 is 2.39 bits per heavy atom. The highest BCUT2D eigenvalue weighted by Crippen LogP contribution is 2.20. The van der Waals surface area contributed by atoms with E-state index < -0.39 is 23.1 Å². The van der Waals surface area contributed by atoms with Gasteiger partial charge in [0.2, 0.25) is 0 Å². The van der Waals surface area contributed by atoms with E-state index in [0.29, 0.717) is 19.7 Å². The molecule has 0 aliphatic rings. The Hall–Kier alpha value is -1.01. The van der Waals surface area contributed by atoms with Crippen LogP contribution in [0.4, 0.5) is 8.78 Å². The minimum absolute atomic E-state index is 0.258. The number of nitrogens with zero attached hydrogens (tertiary/aromatic N) is 1. The van der Waals surface area contributed by atoms with Crippen LogP contribution >= 0.6 is 15.9 Å². The van der Waals surface area contributed by atoms with Gasteiger partial charge in [-0.25, -0.2) is 8.78 Å². The summed E-state index contributed by atoms with van der Waals surface area (Å²) in [4.78, 5) is 13.3. The van der Waals surface area contributed by atoms with Gasteiger partial charge in [-0.15, -0.1) is 0 Å². The van der Waals surface area contributed by atoms with Crippen molar-refractivity contribution in [2.75, 3.05) is 26.8 Å². The Morgan fingerprint density at radius 1 is 1.39 bits per heavy atom. The van der Waals surface area contributed by atoms with Gasteiger partial charge in [0.05, 0.1) is 6.61 Å². The molecule has 0 saturated carbocycles. The molecule has 0 aromatic heterocycles. The fourth-order valence-electron chi connectivity index (χ4n) is 1.51. The van der Waals surface area contributed by atoms with Gasteiger partial charge in [-0.2, -0.15) is 0 Å². The van der Waals surface area contributed by atoms with Crippen molar-refractivity contribution in [1.29, 1.82) is 0 Å². The lowest BCUT2D eigenvalue weighted by Crippen LogP contribution is -2.34. The number of halogens is 3. The van der Waals surface area contributed by atoms with Gasteiger partial charge in [-0.3, -0.25) is 4.79 Å². The van der Waals surface area contributed by atoms with E-state index in [1.165, 1.54) is 12.0 Å². The van der Waals surface area contributed by atoms with Crippen LogP contribution in [-0.4, -0.2) is 37.6 Å². The van der Waals surface area contributed by atoms with E-state index in [1.807, 2.05) is 0 Å². The summed E-state index contributed by atoms with van der Waals surface area (Å²) in [7, 11) is 1.50. The normalized spacial score (nSPS) is 10.5. The van der Waals surface area contributed by atoms with Crippen molar-refractivity contribution >= 4 is 21.8 Å². The van der Waals surface area contributed by atoms with Crippen molar-refractivity contribution < 1.29 is 18.3 Å². The topological polar surface area (TPSA) is 29.5 Å². The zero-order chi connectivity index (χ0) is 13.7. The van der Waals surface area contributed by atoms with Crippen LogP contribution < -0.4 is 0 Å². The Bertz CT molecular complexity index is 417. The number of carbonyl (C=O) groups is 1. The second-order valence-corrected chi connectivity index (χ2v) is 4.54. The third-order valence-electron chi connectivity index (χ3n) is 2.46. The van der Waals surface area contributed by atoms with E-state index in [0.717, 1.165) is 12.1 Å². The van der Waals surface area contributed by atoms with Crippen LogP contribution in [0, 0.1) is 11.6 Å². The number of hydrogen-bond acceptors (Lipinski definition) is 2. The molecule has 0 fully saturated rings. The third-order valence-corrected chi connectivity index (χ3v) is 2.91. The molecule has 1 aromatic carbocycles. The first-order chi connectivity index (χ1) is 8.51. The highest BCUT2D eigenvalue weighted by atomic mass is 79.9. The Kier molecular flexibility index (Phi) is 5.68. The first kappa shape index (κ1) is 15.0. The quantitative estimate of drug-likeness (QED) is 0.834. The van der Waals surface area contributed by atoms with E-state index in [2.05, 4.69) is 15.9 Å². The summed E-state index contributed by atoms with van der Waals surface area (Å²) in [5.41, 5.74) is -0.531. The second-order valence-electron chi connectivity index (χ2n) is 3.62. The zero-order valence-corrected chi connectivity index (χ0v) is 11.8. The van der Waals surface area contributed by atoms with Crippen LogP contribution in [0.15, 0.2) is 16.6 Å². The molecule has 0 atom stereocenters. The Labute approximate surface area is 113 Å². The highest BCUT2D eigenvalue weighted by molar-refractivity contribution is 9.10. The van der Waals surface area contributed by atoms with Gasteiger partial charge in [-0.1, -0.05) is 15.9 Å². The van der Waals surface area contributed by atoms with Crippen molar-refractivity contribution in [3.63, 3.8) is 0 Å². The monoisotopic (exact) mass is 321 g/mol. The average molecular weight is 322 g/mol. The van der Waals surface area contributed by atoms with Crippen molar-refractivity contribution in [3.8, 4) is 0 Å². The van der Waals surface area contributed by atoms with E-state index in [-0.39, 0.29) is 4.47 Å². The molecule has 100 valence electrons. The van der Waals surface area contributed by atoms with Crippen LogP contribution in [0.3, 0.4) is 0 Å². The summed E-state index contributed by atoms with van der Waals surface area (Å²) in [5, 5.41) is 0. The van der Waals surface area contributed by atoms with E-state index in [9.17, 15) is 13.6 Å². The molecule has 0 N–H and O–H groups in total. The molecular weight excluding hydrogens is 308 g/mol. The van der Waals surface area contributed by atoms with Crippen LogP contribution in [0.25, 0.3) is 0 Å². The molecule has 0 bridgehead atoms. The second kappa shape index (κ2) is 6.80. The number of likely N-dealkylation sites (N-methyl/N-ethyl adjacent to an activating group) is 1. The summed E-state index contributed by atoms with van der Waals surface area (Å²) in [6.45, 7) is 2.71. The van der Waals surface area contributed by atoms with Gasteiger partial charge in [0.15, 0.2) is 0 Å². The molecule has 0 heterocycles. The van der Waals surface area contributed by atoms with E-state index in [1.54, 1.807) is 6.92 Å². The molecule has 0 spiro atoms. The molecule has 1 aromatic rings. The molecule has 0 radical (unpaired) electrons. The van der Waals surface area contributed by atoms with Crippen LogP contribution in [0.1, 0.15) is 17.3 Å². The first-order valence-electron chi connectivity index (χ1n) is 5.44. The maximum absolute atomic E-state index is 13.6. The van der Waals surface area contributed by atoms with Crippen molar-refractivity contribution in [1.82, 2.24) is 4.90 Å². The summed E-state index contributed by atoms with van der Waals surface area (Å²) in [5.74, 6) is -2.41. The van der Waals surface area contributed by atoms with E-state index >= 15 is 0 Å². The van der Waals surface area contributed by atoms with Gasteiger partial charge < -0.3 is 9.64 Å². The Balaban J connectivity index is 3.01. The largest absolute Gasteiger partial charge is 0.383 e. The number of ether oxygens (including phenoxy) is 1. The minimum Gasteiger partial charge on any atom is -0.383 e. The molecule has 18 heavy (non-hydrogen) atoms. The number of rotatable bonds is 5. The predicted molar refractivity (Wildman–Crippen MR) is 67.5 cm³/mol. The lowest BCUT2D eigenvalue weighted by molar-refractivity contribution is 0.0697. The summed E-state index contributed by atoms with van der Waals surface area (Å²) < 4.78 is 32.4. The van der Waals surface area contributed by atoms with Gasteiger partial charge in [0, 0.05) is 24.7 Å². The van der Waals surface area contributed by atoms with Gasteiger partial charge in [0.25, 0.3) is 5.91 Å². The molecule has 1 rings (SSSR count). The maximum Gasteiger partial charge on any atom is 0.259 e. The summed E-state index contributed by atoms with van der Waals surface area (Å²) in [6.07, 6.45) is 0. The lowest BCUT2D eigenvalue weighted by Gasteiger charge is -2.21. The first-order valence-corrected chi connectivity index (χ1v) is 6.23. The van der Waals surface area contributed by atoms with Gasteiger partial charge >= 0.3 is 0 Å². The smallest absolute Gasteiger partial charge is 0.259 e.